The Balaban J connectivity index is 1.88. The molecule has 0 spiro atoms. The lowest BCUT2D eigenvalue weighted by Crippen LogP contribution is -2.33. The Morgan fingerprint density at radius 2 is 2.20 bits per heavy atom. The maximum absolute atomic E-state index is 9.14. The minimum atomic E-state index is -0.0984. The molecule has 1 aromatic carbocycles. The van der Waals surface area contributed by atoms with Crippen LogP contribution in [-0.4, -0.2) is 17.8 Å². The minimum Gasteiger partial charge on any atom is -0.399 e. The number of nitrogens with two attached hydrogens (primary N) is 1. The summed E-state index contributed by atoms with van der Waals surface area (Å²) in [4.78, 5) is 0. The lowest BCUT2D eigenvalue weighted by atomic mass is 9.82. The average molecular weight is 227 g/mol. The fraction of sp³-hybridized carbons (Fsp3) is 0.455. The normalized spacial score (nSPS) is 24.7. The Morgan fingerprint density at radius 3 is 2.80 bits per heavy atom. The zero-order valence-corrected chi connectivity index (χ0v) is 9.17. The molecular formula is C11H15ClN2O. The predicted molar refractivity (Wildman–Crippen MR) is 63.1 cm³/mol. The first kappa shape index (κ1) is 10.6. The van der Waals surface area contributed by atoms with Crippen LogP contribution in [0.1, 0.15) is 12.8 Å². The van der Waals surface area contributed by atoms with Crippen molar-refractivity contribution in [2.24, 2.45) is 5.92 Å². The minimum absolute atomic E-state index is 0.0984. The molecule has 0 unspecified atom stereocenters. The molecule has 1 aliphatic rings. The van der Waals surface area contributed by atoms with Gasteiger partial charge in [0.1, 0.15) is 0 Å². The maximum Gasteiger partial charge on any atom is 0.0657 e. The van der Waals surface area contributed by atoms with Crippen LogP contribution in [0.3, 0.4) is 0 Å². The highest BCUT2D eigenvalue weighted by Gasteiger charge is 2.26. The summed E-state index contributed by atoms with van der Waals surface area (Å²) in [5.41, 5.74) is 7.17. The van der Waals surface area contributed by atoms with Gasteiger partial charge in [-0.05, 0) is 37.0 Å². The van der Waals surface area contributed by atoms with Crippen molar-refractivity contribution >= 4 is 23.0 Å². The number of hydrogen-bond donors (Lipinski definition) is 3. The molecular weight excluding hydrogens is 212 g/mol. The summed E-state index contributed by atoms with van der Waals surface area (Å²) in [6, 6.07) is 5.44. The van der Waals surface area contributed by atoms with Crippen molar-refractivity contribution in [3.8, 4) is 0 Å². The van der Waals surface area contributed by atoms with Gasteiger partial charge in [0.15, 0.2) is 0 Å². The van der Waals surface area contributed by atoms with Gasteiger partial charge in [0.25, 0.3) is 0 Å². The molecule has 15 heavy (non-hydrogen) atoms. The van der Waals surface area contributed by atoms with Gasteiger partial charge in [-0.15, -0.1) is 0 Å². The van der Waals surface area contributed by atoms with Gasteiger partial charge in [-0.2, -0.15) is 0 Å². The molecule has 0 atom stereocenters. The highest BCUT2D eigenvalue weighted by atomic mass is 35.5. The van der Waals surface area contributed by atoms with E-state index in [1.165, 1.54) is 0 Å². The first-order valence-electron chi connectivity index (χ1n) is 5.12. The second kappa shape index (κ2) is 4.29. The fourth-order valence-electron chi connectivity index (χ4n) is 1.80. The maximum atomic E-state index is 9.14. The fourth-order valence-corrected chi connectivity index (χ4v) is 2.05. The Labute approximate surface area is 94.2 Å². The van der Waals surface area contributed by atoms with Crippen LogP contribution < -0.4 is 11.1 Å². The number of aliphatic hydroxyl groups excluding tert-OH is 1. The van der Waals surface area contributed by atoms with Crippen LogP contribution in [-0.2, 0) is 0 Å². The van der Waals surface area contributed by atoms with Crippen LogP contribution in [0.2, 0.25) is 5.02 Å². The zero-order chi connectivity index (χ0) is 10.8. The van der Waals surface area contributed by atoms with Gasteiger partial charge >= 0.3 is 0 Å². The van der Waals surface area contributed by atoms with Crippen molar-refractivity contribution in [3.05, 3.63) is 23.2 Å². The van der Waals surface area contributed by atoms with Gasteiger partial charge in [-0.3, -0.25) is 0 Å². The SMILES string of the molecule is Nc1ccc(NCC2CC(O)C2)c(Cl)c1. The van der Waals surface area contributed by atoms with Crippen molar-refractivity contribution in [1.29, 1.82) is 0 Å². The lowest BCUT2D eigenvalue weighted by molar-refractivity contribution is 0.0487. The number of nitrogens with one attached hydrogen (secondary N) is 1. The molecule has 1 fully saturated rings. The molecule has 1 saturated carbocycles. The number of nitrogen functional groups attached to an aromatic ring is 1. The molecule has 4 N–H and O–H groups in total. The summed E-state index contributed by atoms with van der Waals surface area (Å²) in [7, 11) is 0. The molecule has 3 nitrogen and oxygen atoms in total. The predicted octanol–water partition coefficient (Wildman–Crippen LogP) is 2.10. The highest BCUT2D eigenvalue weighted by Crippen LogP contribution is 2.29. The van der Waals surface area contributed by atoms with Crippen molar-refractivity contribution < 1.29 is 5.11 Å². The van der Waals surface area contributed by atoms with Crippen LogP contribution in [0.5, 0.6) is 0 Å². The first-order chi connectivity index (χ1) is 7.15. The molecule has 0 radical (unpaired) electrons. The summed E-state index contributed by atoms with van der Waals surface area (Å²) in [5, 5.41) is 13.0. The summed E-state index contributed by atoms with van der Waals surface area (Å²) in [6.45, 7) is 0.862. The summed E-state index contributed by atoms with van der Waals surface area (Å²) in [5.74, 6) is 0.564. The molecule has 0 heterocycles. The molecule has 2 rings (SSSR count). The highest BCUT2D eigenvalue weighted by molar-refractivity contribution is 6.33. The summed E-state index contributed by atoms with van der Waals surface area (Å²) >= 11 is 6.01. The van der Waals surface area contributed by atoms with Crippen molar-refractivity contribution in [1.82, 2.24) is 0 Å². The number of hydrogen-bond acceptors (Lipinski definition) is 3. The zero-order valence-electron chi connectivity index (χ0n) is 8.41. The van der Waals surface area contributed by atoms with Crippen LogP contribution in [0, 0.1) is 5.92 Å². The summed E-state index contributed by atoms with van der Waals surface area (Å²) < 4.78 is 0. The van der Waals surface area contributed by atoms with Crippen molar-refractivity contribution in [2.75, 3.05) is 17.6 Å². The van der Waals surface area contributed by atoms with Crippen LogP contribution in [0.25, 0.3) is 0 Å². The van der Waals surface area contributed by atoms with Gasteiger partial charge < -0.3 is 16.2 Å². The summed E-state index contributed by atoms with van der Waals surface area (Å²) in [6.07, 6.45) is 1.68. The van der Waals surface area contributed by atoms with E-state index >= 15 is 0 Å². The molecule has 0 aliphatic heterocycles. The Bertz CT molecular complexity index is 350. The van der Waals surface area contributed by atoms with E-state index in [-0.39, 0.29) is 6.10 Å². The lowest BCUT2D eigenvalue weighted by Gasteiger charge is -2.31. The van der Waals surface area contributed by atoms with Crippen molar-refractivity contribution in [2.45, 2.75) is 18.9 Å². The largest absolute Gasteiger partial charge is 0.399 e. The number of rotatable bonds is 3. The van der Waals surface area contributed by atoms with E-state index < -0.39 is 0 Å². The Kier molecular flexibility index (Phi) is 3.03. The number of halogens is 1. The number of aliphatic hydroxyl groups is 1. The van der Waals surface area contributed by atoms with E-state index in [0.29, 0.717) is 16.6 Å². The van der Waals surface area contributed by atoms with Gasteiger partial charge in [0, 0.05) is 12.2 Å². The smallest absolute Gasteiger partial charge is 0.0657 e. The molecule has 82 valence electrons. The molecule has 1 aromatic rings. The van der Waals surface area contributed by atoms with E-state index in [1.807, 2.05) is 12.1 Å². The van der Waals surface area contributed by atoms with Crippen LogP contribution in [0.15, 0.2) is 18.2 Å². The number of benzene rings is 1. The Hall–Kier alpha value is -0.930. The standard InChI is InChI=1S/C11H15ClN2O/c12-10-5-8(13)1-2-11(10)14-6-7-3-9(15)4-7/h1-2,5,7,9,14-15H,3-4,6,13H2. The van der Waals surface area contributed by atoms with Crippen LogP contribution >= 0.6 is 11.6 Å². The molecule has 1 aliphatic carbocycles. The third kappa shape index (κ3) is 2.55. The average Bonchev–Trinajstić information content (AvgIpc) is 2.13. The monoisotopic (exact) mass is 226 g/mol. The van der Waals surface area contributed by atoms with Gasteiger partial charge in [0.2, 0.25) is 0 Å². The molecule has 0 aromatic heterocycles. The topological polar surface area (TPSA) is 58.3 Å². The van der Waals surface area contributed by atoms with E-state index in [2.05, 4.69) is 5.32 Å². The van der Waals surface area contributed by atoms with Gasteiger partial charge in [0.05, 0.1) is 16.8 Å². The quantitative estimate of drug-likeness (QED) is 0.692. The van der Waals surface area contributed by atoms with Gasteiger partial charge in [-0.1, -0.05) is 11.6 Å². The third-order valence-electron chi connectivity index (χ3n) is 2.79. The third-order valence-corrected chi connectivity index (χ3v) is 3.10. The second-order valence-electron chi connectivity index (χ2n) is 4.11. The Morgan fingerprint density at radius 1 is 1.47 bits per heavy atom. The molecule has 0 amide bonds. The van der Waals surface area contributed by atoms with Crippen LogP contribution in [0.4, 0.5) is 11.4 Å². The number of anilines is 2. The van der Waals surface area contributed by atoms with E-state index in [0.717, 1.165) is 25.1 Å². The van der Waals surface area contributed by atoms with E-state index in [4.69, 9.17) is 22.4 Å². The molecule has 0 bridgehead atoms. The van der Waals surface area contributed by atoms with E-state index in [1.54, 1.807) is 6.07 Å². The van der Waals surface area contributed by atoms with Gasteiger partial charge in [-0.25, -0.2) is 0 Å². The second-order valence-corrected chi connectivity index (χ2v) is 4.52. The van der Waals surface area contributed by atoms with E-state index in [9.17, 15) is 0 Å². The van der Waals surface area contributed by atoms with Crippen molar-refractivity contribution in [3.63, 3.8) is 0 Å². The first-order valence-corrected chi connectivity index (χ1v) is 5.50. The molecule has 4 heteroatoms. The molecule has 0 saturated heterocycles.